The number of nitrogens with zero attached hydrogens (tertiary/aromatic N) is 3. The Morgan fingerprint density at radius 3 is 2.41 bits per heavy atom. The Labute approximate surface area is 214 Å². The van der Waals surface area contributed by atoms with E-state index in [2.05, 4.69) is 15.3 Å². The minimum Gasteiger partial charge on any atom is -0.368 e. The molecule has 0 amide bonds. The van der Waals surface area contributed by atoms with Crippen molar-refractivity contribution in [3.63, 3.8) is 0 Å². The maximum Gasteiger partial charge on any atom is 0.267 e. The molecule has 1 fully saturated rings. The standard InChI is InChI=1S/C24H21F3N6O2S2/c25-15-4-2-5-16(26)22(15)37(34,35)33-17-6-1-3-14(19(17)27)20-21(18-9-12-30-24(28)31-18)36-23(32-20)13-7-10-29-11-8-13/h1-6,9,12-13,29,33H,7-8,10-11H2,(H2,28,30,31). The Morgan fingerprint density at radius 1 is 1.00 bits per heavy atom. The van der Waals surface area contributed by atoms with Gasteiger partial charge in [0.2, 0.25) is 5.95 Å². The van der Waals surface area contributed by atoms with Gasteiger partial charge in [0, 0.05) is 17.7 Å². The molecule has 4 N–H and O–H groups in total. The molecule has 2 aromatic heterocycles. The topological polar surface area (TPSA) is 123 Å². The molecule has 0 bridgehead atoms. The predicted molar refractivity (Wildman–Crippen MR) is 135 cm³/mol. The third kappa shape index (κ3) is 5.02. The van der Waals surface area contributed by atoms with Crippen molar-refractivity contribution in [3.05, 3.63) is 71.1 Å². The van der Waals surface area contributed by atoms with Crippen LogP contribution in [-0.2, 0) is 10.0 Å². The zero-order valence-corrected chi connectivity index (χ0v) is 20.8. The molecule has 5 rings (SSSR count). The van der Waals surface area contributed by atoms with Gasteiger partial charge < -0.3 is 11.1 Å². The Hall–Kier alpha value is -3.55. The monoisotopic (exact) mass is 546 g/mol. The summed E-state index contributed by atoms with van der Waals surface area (Å²) in [5, 5.41) is 4.09. The van der Waals surface area contributed by atoms with Crippen LogP contribution in [0, 0.1) is 17.5 Å². The molecule has 3 heterocycles. The summed E-state index contributed by atoms with van der Waals surface area (Å²) in [5.41, 5.74) is 6.00. The molecule has 192 valence electrons. The molecule has 0 aliphatic carbocycles. The SMILES string of the molecule is Nc1nccc(-c2sc(C3CCNCC3)nc2-c2cccc(NS(=O)(=O)c3c(F)cccc3F)c2F)n1. The number of aromatic nitrogens is 3. The first kappa shape index (κ1) is 25.1. The Morgan fingerprint density at radius 2 is 1.70 bits per heavy atom. The summed E-state index contributed by atoms with van der Waals surface area (Å²) in [6.45, 7) is 1.65. The largest absolute Gasteiger partial charge is 0.368 e. The fraction of sp³-hybridized carbons (Fsp3) is 0.208. The van der Waals surface area contributed by atoms with Crippen molar-refractivity contribution in [2.45, 2.75) is 23.7 Å². The van der Waals surface area contributed by atoms with Gasteiger partial charge in [-0.2, -0.15) is 0 Å². The van der Waals surface area contributed by atoms with Gasteiger partial charge in [0.15, 0.2) is 10.7 Å². The van der Waals surface area contributed by atoms with Crippen molar-refractivity contribution >= 4 is 33.0 Å². The number of benzene rings is 2. The summed E-state index contributed by atoms with van der Waals surface area (Å²) >= 11 is 1.36. The number of anilines is 2. The lowest BCUT2D eigenvalue weighted by molar-refractivity contribution is 0.459. The number of halogens is 3. The number of piperidine rings is 1. The van der Waals surface area contributed by atoms with E-state index < -0.39 is 38.1 Å². The van der Waals surface area contributed by atoms with Crippen molar-refractivity contribution in [3.8, 4) is 21.8 Å². The average molecular weight is 547 g/mol. The molecule has 1 saturated heterocycles. The lowest BCUT2D eigenvalue weighted by atomic mass is 9.99. The number of nitrogens with two attached hydrogens (primary N) is 1. The smallest absolute Gasteiger partial charge is 0.267 e. The maximum atomic E-state index is 15.8. The summed E-state index contributed by atoms with van der Waals surface area (Å²) < 4.78 is 71.6. The van der Waals surface area contributed by atoms with E-state index >= 15 is 4.39 Å². The summed E-state index contributed by atoms with van der Waals surface area (Å²) in [6, 6.07) is 8.32. The quantitative estimate of drug-likeness (QED) is 0.325. The van der Waals surface area contributed by atoms with Gasteiger partial charge in [-0.15, -0.1) is 11.3 Å². The van der Waals surface area contributed by atoms with E-state index in [4.69, 9.17) is 10.7 Å². The molecule has 0 unspecified atom stereocenters. The highest BCUT2D eigenvalue weighted by Gasteiger charge is 2.28. The van der Waals surface area contributed by atoms with Crippen molar-refractivity contribution in [2.24, 2.45) is 0 Å². The van der Waals surface area contributed by atoms with Crippen LogP contribution in [0.3, 0.4) is 0 Å². The highest BCUT2D eigenvalue weighted by molar-refractivity contribution is 7.92. The van der Waals surface area contributed by atoms with Crippen LogP contribution in [0.1, 0.15) is 23.8 Å². The van der Waals surface area contributed by atoms with E-state index in [-0.39, 0.29) is 23.1 Å². The number of nitrogen functional groups attached to an aromatic ring is 1. The number of thiazole rings is 1. The van der Waals surface area contributed by atoms with Crippen LogP contribution in [-0.4, -0.2) is 36.5 Å². The highest BCUT2D eigenvalue weighted by atomic mass is 32.2. The third-order valence-electron chi connectivity index (χ3n) is 5.92. The van der Waals surface area contributed by atoms with Crippen LogP contribution in [0.4, 0.5) is 24.8 Å². The second-order valence-electron chi connectivity index (χ2n) is 8.38. The molecule has 13 heteroatoms. The second kappa shape index (κ2) is 10.1. The molecule has 0 saturated carbocycles. The Kier molecular flexibility index (Phi) is 6.84. The van der Waals surface area contributed by atoms with Crippen molar-refractivity contribution in [2.75, 3.05) is 23.5 Å². The minimum absolute atomic E-state index is 0.00202. The number of hydrogen-bond acceptors (Lipinski definition) is 8. The molecule has 37 heavy (non-hydrogen) atoms. The molecule has 8 nitrogen and oxygen atoms in total. The van der Waals surface area contributed by atoms with Crippen LogP contribution in [0.25, 0.3) is 21.8 Å². The summed E-state index contributed by atoms with van der Waals surface area (Å²) in [4.78, 5) is 12.3. The molecule has 4 aromatic rings. The van der Waals surface area contributed by atoms with Gasteiger partial charge >= 0.3 is 0 Å². The van der Waals surface area contributed by atoms with Gasteiger partial charge in [-0.3, -0.25) is 4.72 Å². The average Bonchev–Trinajstić information content (AvgIpc) is 3.31. The first-order valence-electron chi connectivity index (χ1n) is 11.3. The fourth-order valence-corrected chi connectivity index (χ4v) is 6.58. The molecule has 2 aromatic carbocycles. The molecular weight excluding hydrogens is 525 g/mol. The molecule has 1 aliphatic heterocycles. The summed E-state index contributed by atoms with van der Waals surface area (Å²) in [5.74, 6) is -3.34. The Balaban J connectivity index is 1.60. The first-order chi connectivity index (χ1) is 17.7. The van der Waals surface area contributed by atoms with Gasteiger partial charge in [-0.25, -0.2) is 36.5 Å². The van der Waals surface area contributed by atoms with E-state index in [1.807, 2.05) is 4.72 Å². The zero-order valence-electron chi connectivity index (χ0n) is 19.2. The molecule has 0 radical (unpaired) electrons. The van der Waals surface area contributed by atoms with E-state index in [1.165, 1.54) is 29.7 Å². The van der Waals surface area contributed by atoms with Crippen LogP contribution >= 0.6 is 11.3 Å². The lowest BCUT2D eigenvalue weighted by Crippen LogP contribution is -2.26. The normalized spacial score (nSPS) is 14.6. The van der Waals surface area contributed by atoms with Crippen LogP contribution in [0.2, 0.25) is 0 Å². The number of hydrogen-bond donors (Lipinski definition) is 3. The van der Waals surface area contributed by atoms with E-state index in [1.54, 1.807) is 6.07 Å². The van der Waals surface area contributed by atoms with Gasteiger partial charge in [0.05, 0.1) is 27.0 Å². The van der Waals surface area contributed by atoms with Gasteiger partial charge in [0.1, 0.15) is 11.6 Å². The fourth-order valence-electron chi connectivity index (χ4n) is 4.17. The van der Waals surface area contributed by atoms with Gasteiger partial charge in [-0.1, -0.05) is 12.1 Å². The van der Waals surface area contributed by atoms with Crippen molar-refractivity contribution in [1.29, 1.82) is 0 Å². The van der Waals surface area contributed by atoms with Gasteiger partial charge in [-0.05, 0) is 56.3 Å². The lowest BCUT2D eigenvalue weighted by Gasteiger charge is -2.20. The van der Waals surface area contributed by atoms with Crippen LogP contribution in [0.5, 0.6) is 0 Å². The highest BCUT2D eigenvalue weighted by Crippen LogP contribution is 2.42. The van der Waals surface area contributed by atoms with E-state index in [9.17, 15) is 17.2 Å². The molecule has 0 atom stereocenters. The minimum atomic E-state index is -4.78. The van der Waals surface area contributed by atoms with Gasteiger partial charge in [0.25, 0.3) is 10.0 Å². The van der Waals surface area contributed by atoms with E-state index in [0.29, 0.717) is 10.6 Å². The van der Waals surface area contributed by atoms with Crippen molar-refractivity contribution < 1.29 is 21.6 Å². The van der Waals surface area contributed by atoms with Crippen molar-refractivity contribution in [1.82, 2.24) is 20.3 Å². The van der Waals surface area contributed by atoms with Crippen LogP contribution in [0.15, 0.2) is 53.6 Å². The maximum absolute atomic E-state index is 15.8. The molecular formula is C24H21F3N6O2S2. The zero-order chi connectivity index (χ0) is 26.2. The molecule has 0 spiro atoms. The Bertz CT molecular complexity index is 1550. The summed E-state index contributed by atoms with van der Waals surface area (Å²) in [7, 11) is -4.78. The summed E-state index contributed by atoms with van der Waals surface area (Å²) in [6.07, 6.45) is 3.19. The second-order valence-corrected chi connectivity index (χ2v) is 11.0. The van der Waals surface area contributed by atoms with E-state index in [0.717, 1.165) is 55.2 Å². The predicted octanol–water partition coefficient (Wildman–Crippen LogP) is 4.53. The van der Waals surface area contributed by atoms with Crippen LogP contribution < -0.4 is 15.8 Å². The number of nitrogens with one attached hydrogen (secondary N) is 2. The molecule has 1 aliphatic rings. The number of sulfonamides is 1. The first-order valence-corrected chi connectivity index (χ1v) is 13.6. The third-order valence-corrected chi connectivity index (χ3v) is 8.58. The number of rotatable bonds is 6.